The van der Waals surface area contributed by atoms with Crippen LogP contribution in [-0.4, -0.2) is 62.7 Å². The fourth-order valence-corrected chi connectivity index (χ4v) is 3.99. The molecule has 1 aliphatic heterocycles. The Hall–Kier alpha value is -0.120. The summed E-state index contributed by atoms with van der Waals surface area (Å²) in [6, 6.07) is 0.730. The lowest BCUT2D eigenvalue weighted by Crippen LogP contribution is -2.51. The van der Waals surface area contributed by atoms with Crippen molar-refractivity contribution in [2.24, 2.45) is 17.3 Å². The lowest BCUT2D eigenvalue weighted by molar-refractivity contribution is 0.0717. The summed E-state index contributed by atoms with van der Waals surface area (Å²) in [6.07, 6.45) is 4.16. The second-order valence-electron chi connectivity index (χ2n) is 8.14. The molecule has 1 saturated heterocycles. The lowest BCUT2D eigenvalue weighted by Gasteiger charge is -2.44. The van der Waals surface area contributed by atoms with Gasteiger partial charge in [0.1, 0.15) is 0 Å². The molecule has 0 amide bonds. The van der Waals surface area contributed by atoms with Gasteiger partial charge in [0.25, 0.3) is 0 Å². The normalized spacial score (nSPS) is 34.4. The van der Waals surface area contributed by atoms with E-state index < -0.39 is 0 Å². The molecule has 2 fully saturated rings. The first-order chi connectivity index (χ1) is 9.40. The van der Waals surface area contributed by atoms with E-state index in [2.05, 4.69) is 50.0 Å². The highest BCUT2D eigenvalue weighted by atomic mass is 15.2. The van der Waals surface area contributed by atoms with Crippen molar-refractivity contribution >= 4 is 0 Å². The Kier molecular flexibility index (Phi) is 5.49. The summed E-state index contributed by atoms with van der Waals surface area (Å²) in [5.74, 6) is 1.73. The molecule has 3 heteroatoms. The lowest BCUT2D eigenvalue weighted by atomic mass is 9.67. The van der Waals surface area contributed by atoms with Crippen LogP contribution in [0, 0.1) is 17.3 Å². The van der Waals surface area contributed by atoms with E-state index in [0.717, 1.165) is 17.9 Å². The Bertz CT molecular complexity index is 289. The monoisotopic (exact) mass is 281 g/mol. The summed E-state index contributed by atoms with van der Waals surface area (Å²) in [5, 5.41) is 3.59. The van der Waals surface area contributed by atoms with Crippen LogP contribution in [-0.2, 0) is 0 Å². The molecule has 1 heterocycles. The predicted molar refractivity (Wildman–Crippen MR) is 87.1 cm³/mol. The second-order valence-corrected chi connectivity index (χ2v) is 8.14. The number of nitrogens with zero attached hydrogens (tertiary/aromatic N) is 2. The zero-order chi connectivity index (χ0) is 14.8. The van der Waals surface area contributed by atoms with Crippen LogP contribution in [0.4, 0.5) is 0 Å². The standard InChI is InChI=1S/C17H35N3/c1-17(2,3)15-6-7-16(18-4)14(12-15)13-20-10-8-19(5)9-11-20/h14-16,18H,6-13H2,1-5H3. The number of likely N-dealkylation sites (N-methyl/N-ethyl adjacent to an activating group) is 1. The van der Waals surface area contributed by atoms with Gasteiger partial charge < -0.3 is 15.1 Å². The molecule has 118 valence electrons. The number of hydrogen-bond donors (Lipinski definition) is 1. The summed E-state index contributed by atoms with van der Waals surface area (Å²) in [5.41, 5.74) is 0.471. The smallest absolute Gasteiger partial charge is 0.0110 e. The molecule has 2 aliphatic rings. The Balaban J connectivity index is 1.91. The van der Waals surface area contributed by atoms with E-state index >= 15 is 0 Å². The molecular formula is C17H35N3. The van der Waals surface area contributed by atoms with Crippen molar-refractivity contribution in [3.05, 3.63) is 0 Å². The van der Waals surface area contributed by atoms with Crippen molar-refractivity contribution in [2.45, 2.75) is 46.1 Å². The van der Waals surface area contributed by atoms with Gasteiger partial charge in [-0.05, 0) is 50.6 Å². The first-order valence-corrected chi connectivity index (χ1v) is 8.48. The third-order valence-corrected chi connectivity index (χ3v) is 5.67. The molecule has 3 atom stereocenters. The van der Waals surface area contributed by atoms with Crippen LogP contribution in [0.15, 0.2) is 0 Å². The number of hydrogen-bond acceptors (Lipinski definition) is 3. The van der Waals surface area contributed by atoms with E-state index in [9.17, 15) is 0 Å². The molecule has 0 aromatic carbocycles. The molecule has 1 saturated carbocycles. The molecule has 0 spiro atoms. The predicted octanol–water partition coefficient (Wildman–Crippen LogP) is 2.28. The van der Waals surface area contributed by atoms with Gasteiger partial charge in [-0.25, -0.2) is 0 Å². The van der Waals surface area contributed by atoms with Crippen molar-refractivity contribution in [1.82, 2.24) is 15.1 Å². The molecule has 0 radical (unpaired) electrons. The molecule has 0 aromatic rings. The van der Waals surface area contributed by atoms with Gasteiger partial charge in [0.2, 0.25) is 0 Å². The number of rotatable bonds is 3. The maximum absolute atomic E-state index is 3.59. The van der Waals surface area contributed by atoms with E-state index in [4.69, 9.17) is 0 Å². The molecule has 20 heavy (non-hydrogen) atoms. The summed E-state index contributed by atoms with van der Waals surface area (Å²) in [6.45, 7) is 13.5. The van der Waals surface area contributed by atoms with Gasteiger partial charge in [-0.2, -0.15) is 0 Å². The van der Waals surface area contributed by atoms with Gasteiger partial charge in [0.15, 0.2) is 0 Å². The average Bonchev–Trinajstić information content (AvgIpc) is 2.40. The fraction of sp³-hybridized carbons (Fsp3) is 1.00. The van der Waals surface area contributed by atoms with Crippen LogP contribution < -0.4 is 5.32 Å². The van der Waals surface area contributed by atoms with Gasteiger partial charge in [0.05, 0.1) is 0 Å². The highest BCUT2D eigenvalue weighted by Gasteiger charge is 2.36. The molecular weight excluding hydrogens is 246 g/mol. The number of nitrogens with one attached hydrogen (secondary N) is 1. The van der Waals surface area contributed by atoms with Gasteiger partial charge in [-0.3, -0.25) is 0 Å². The SMILES string of the molecule is CNC1CCC(C(C)(C)C)CC1CN1CCN(C)CC1. The van der Waals surface area contributed by atoms with Crippen molar-refractivity contribution < 1.29 is 0 Å². The average molecular weight is 281 g/mol. The van der Waals surface area contributed by atoms with Gasteiger partial charge in [0, 0.05) is 38.8 Å². The fourth-order valence-electron chi connectivity index (χ4n) is 3.99. The third kappa shape index (κ3) is 4.19. The van der Waals surface area contributed by atoms with Crippen molar-refractivity contribution in [3.63, 3.8) is 0 Å². The molecule has 1 aliphatic carbocycles. The van der Waals surface area contributed by atoms with Gasteiger partial charge in [-0.1, -0.05) is 20.8 Å². The first kappa shape index (κ1) is 16.3. The zero-order valence-electron chi connectivity index (χ0n) is 14.3. The Morgan fingerprint density at radius 3 is 2.25 bits per heavy atom. The molecule has 0 aromatic heterocycles. The largest absolute Gasteiger partial charge is 0.317 e. The van der Waals surface area contributed by atoms with Gasteiger partial charge in [-0.15, -0.1) is 0 Å². The van der Waals surface area contributed by atoms with Crippen molar-refractivity contribution in [1.29, 1.82) is 0 Å². The summed E-state index contributed by atoms with van der Waals surface area (Å²) in [7, 11) is 4.39. The van der Waals surface area contributed by atoms with Crippen molar-refractivity contribution in [3.8, 4) is 0 Å². The van der Waals surface area contributed by atoms with Crippen LogP contribution in [0.25, 0.3) is 0 Å². The quantitative estimate of drug-likeness (QED) is 0.856. The molecule has 3 nitrogen and oxygen atoms in total. The maximum Gasteiger partial charge on any atom is 0.0110 e. The minimum absolute atomic E-state index is 0.471. The van der Waals surface area contributed by atoms with Crippen molar-refractivity contribution in [2.75, 3.05) is 46.8 Å². The van der Waals surface area contributed by atoms with Crippen LogP contribution in [0.1, 0.15) is 40.0 Å². The first-order valence-electron chi connectivity index (χ1n) is 8.48. The van der Waals surface area contributed by atoms with Crippen LogP contribution >= 0.6 is 0 Å². The molecule has 1 N–H and O–H groups in total. The summed E-state index contributed by atoms with van der Waals surface area (Å²) in [4.78, 5) is 5.14. The van der Waals surface area contributed by atoms with E-state index in [-0.39, 0.29) is 0 Å². The summed E-state index contributed by atoms with van der Waals surface area (Å²) >= 11 is 0. The van der Waals surface area contributed by atoms with Crippen LogP contribution in [0.2, 0.25) is 0 Å². The van der Waals surface area contributed by atoms with E-state index in [1.807, 2.05) is 0 Å². The molecule has 2 rings (SSSR count). The van der Waals surface area contributed by atoms with Gasteiger partial charge >= 0.3 is 0 Å². The van der Waals surface area contributed by atoms with E-state index in [1.54, 1.807) is 0 Å². The minimum Gasteiger partial charge on any atom is -0.317 e. The molecule has 3 unspecified atom stereocenters. The minimum atomic E-state index is 0.471. The van der Waals surface area contributed by atoms with E-state index in [1.165, 1.54) is 52.0 Å². The van der Waals surface area contributed by atoms with Crippen LogP contribution in [0.3, 0.4) is 0 Å². The molecule has 0 bridgehead atoms. The topological polar surface area (TPSA) is 18.5 Å². The maximum atomic E-state index is 3.59. The number of piperazine rings is 1. The highest BCUT2D eigenvalue weighted by Crippen LogP contribution is 2.40. The highest BCUT2D eigenvalue weighted by molar-refractivity contribution is 4.90. The van der Waals surface area contributed by atoms with E-state index in [0.29, 0.717) is 5.41 Å². The Morgan fingerprint density at radius 1 is 1.05 bits per heavy atom. The zero-order valence-corrected chi connectivity index (χ0v) is 14.3. The van der Waals surface area contributed by atoms with Crippen LogP contribution in [0.5, 0.6) is 0 Å². The third-order valence-electron chi connectivity index (χ3n) is 5.67. The second kappa shape index (κ2) is 6.76. The summed E-state index contributed by atoms with van der Waals surface area (Å²) < 4.78 is 0. The Morgan fingerprint density at radius 2 is 1.70 bits per heavy atom. The Labute approximate surface area is 126 Å².